The summed E-state index contributed by atoms with van der Waals surface area (Å²) in [6.45, 7) is 1.75. The maximum absolute atomic E-state index is 13.3. The van der Waals surface area contributed by atoms with Crippen LogP contribution in [-0.2, 0) is 0 Å². The topological polar surface area (TPSA) is 64.1 Å². The molecule has 126 valence electrons. The number of ether oxygens (including phenoxy) is 1. The molecule has 1 aliphatic carbocycles. The summed E-state index contributed by atoms with van der Waals surface area (Å²) >= 11 is 0. The molecule has 0 spiro atoms. The van der Waals surface area contributed by atoms with Gasteiger partial charge in [-0.05, 0) is 32.3 Å². The van der Waals surface area contributed by atoms with Crippen molar-refractivity contribution in [1.82, 2.24) is 15.5 Å². The van der Waals surface area contributed by atoms with Crippen molar-refractivity contribution in [2.45, 2.75) is 38.3 Å². The summed E-state index contributed by atoms with van der Waals surface area (Å²) in [5, 5.41) is 10.5. The van der Waals surface area contributed by atoms with Gasteiger partial charge in [-0.15, -0.1) is 0 Å². The number of carbonyl (C=O) groups is 1. The summed E-state index contributed by atoms with van der Waals surface area (Å²) < 4.78 is 32.2. The van der Waals surface area contributed by atoms with Crippen molar-refractivity contribution in [3.05, 3.63) is 53.4 Å². The van der Waals surface area contributed by atoms with E-state index >= 15 is 0 Å². The third kappa shape index (κ3) is 3.84. The third-order valence-corrected chi connectivity index (χ3v) is 3.93. The van der Waals surface area contributed by atoms with Crippen molar-refractivity contribution in [3.63, 3.8) is 0 Å². The average molecular weight is 333 g/mol. The second-order valence-corrected chi connectivity index (χ2v) is 5.86. The van der Waals surface area contributed by atoms with Gasteiger partial charge in [0.05, 0.1) is 23.5 Å². The molecular formula is C17H17F2N3O2. The molecule has 1 fully saturated rings. The molecule has 1 aromatic heterocycles. The summed E-state index contributed by atoms with van der Waals surface area (Å²) in [5.41, 5.74) is 1.07. The van der Waals surface area contributed by atoms with Gasteiger partial charge >= 0.3 is 0 Å². The van der Waals surface area contributed by atoms with Crippen LogP contribution in [0.2, 0.25) is 0 Å². The molecule has 0 bridgehead atoms. The quantitative estimate of drug-likeness (QED) is 0.934. The van der Waals surface area contributed by atoms with Crippen LogP contribution in [0.15, 0.2) is 30.5 Å². The molecule has 7 heteroatoms. The summed E-state index contributed by atoms with van der Waals surface area (Å²) in [6.07, 6.45) is 3.38. The first-order valence-electron chi connectivity index (χ1n) is 7.74. The van der Waals surface area contributed by atoms with Crippen LogP contribution in [0.4, 0.5) is 8.78 Å². The lowest BCUT2D eigenvalue weighted by molar-refractivity contribution is 0.0892. The number of hydrogen-bond donors (Lipinski definition) is 1. The molecule has 0 aliphatic heterocycles. The number of rotatable bonds is 4. The summed E-state index contributed by atoms with van der Waals surface area (Å²) in [6, 6.07) is 4.49. The van der Waals surface area contributed by atoms with Gasteiger partial charge in [-0.25, -0.2) is 8.78 Å². The molecule has 0 radical (unpaired) electrons. The van der Waals surface area contributed by atoms with Crippen LogP contribution in [0.5, 0.6) is 5.75 Å². The Morgan fingerprint density at radius 2 is 1.96 bits per heavy atom. The first kappa shape index (κ1) is 16.3. The van der Waals surface area contributed by atoms with Crippen molar-refractivity contribution in [2.75, 3.05) is 0 Å². The fraction of sp³-hybridized carbons (Fsp3) is 0.353. The molecule has 2 aromatic rings. The number of benzene rings is 1. The highest BCUT2D eigenvalue weighted by molar-refractivity contribution is 5.94. The first-order valence-corrected chi connectivity index (χ1v) is 7.74. The Balaban J connectivity index is 1.68. The smallest absolute Gasteiger partial charge is 0.253 e. The van der Waals surface area contributed by atoms with Crippen LogP contribution < -0.4 is 10.1 Å². The minimum absolute atomic E-state index is 0.125. The highest BCUT2D eigenvalue weighted by Crippen LogP contribution is 2.26. The van der Waals surface area contributed by atoms with Gasteiger partial charge in [0.1, 0.15) is 23.5 Å². The molecular weight excluding hydrogens is 316 g/mol. The molecule has 1 saturated carbocycles. The fourth-order valence-electron chi connectivity index (χ4n) is 2.85. The van der Waals surface area contributed by atoms with E-state index in [9.17, 15) is 13.6 Å². The van der Waals surface area contributed by atoms with Crippen LogP contribution >= 0.6 is 0 Å². The molecule has 1 amide bonds. The number of amides is 1. The summed E-state index contributed by atoms with van der Waals surface area (Å²) in [4.78, 5) is 12.3. The maximum Gasteiger partial charge on any atom is 0.253 e. The number of hydrogen-bond acceptors (Lipinski definition) is 4. The van der Waals surface area contributed by atoms with Gasteiger partial charge in [0.15, 0.2) is 0 Å². The van der Waals surface area contributed by atoms with Crippen molar-refractivity contribution < 1.29 is 18.3 Å². The van der Waals surface area contributed by atoms with Crippen LogP contribution in [0.3, 0.4) is 0 Å². The van der Waals surface area contributed by atoms with Crippen molar-refractivity contribution in [1.29, 1.82) is 0 Å². The molecule has 1 heterocycles. The zero-order valence-corrected chi connectivity index (χ0v) is 13.1. The monoisotopic (exact) mass is 333 g/mol. The minimum Gasteiger partial charge on any atom is -0.488 e. The molecule has 1 aliphatic rings. The third-order valence-electron chi connectivity index (χ3n) is 3.93. The van der Waals surface area contributed by atoms with Gasteiger partial charge in [-0.1, -0.05) is 0 Å². The first-order chi connectivity index (χ1) is 11.5. The predicted molar refractivity (Wildman–Crippen MR) is 82.6 cm³/mol. The molecule has 1 N–H and O–H groups in total. The predicted octanol–water partition coefficient (Wildman–Crippen LogP) is 2.79. The molecule has 5 nitrogen and oxygen atoms in total. The standard InChI is InChI=1S/C17H17F2N3O2/c1-10-5-11(9-20-22-10)17(23)21-15-3-2-4-16(15)24-14-7-12(18)6-13(19)8-14/h5-9,15-16H,2-4H2,1H3,(H,21,23)/t15-,16+/m0/s1. The lowest BCUT2D eigenvalue weighted by Gasteiger charge is -2.22. The average Bonchev–Trinajstić information content (AvgIpc) is 2.93. The van der Waals surface area contributed by atoms with E-state index < -0.39 is 11.6 Å². The van der Waals surface area contributed by atoms with Crippen LogP contribution in [0.1, 0.15) is 35.3 Å². The minimum atomic E-state index is -0.693. The molecule has 0 saturated heterocycles. The Kier molecular flexibility index (Phi) is 4.69. The van der Waals surface area contributed by atoms with Crippen molar-refractivity contribution in [3.8, 4) is 5.75 Å². The lowest BCUT2D eigenvalue weighted by atomic mass is 10.2. The van der Waals surface area contributed by atoms with Gasteiger partial charge in [0, 0.05) is 18.2 Å². The Bertz CT molecular complexity index is 734. The fourth-order valence-corrected chi connectivity index (χ4v) is 2.85. The molecule has 3 rings (SSSR count). The number of nitrogens with zero attached hydrogens (tertiary/aromatic N) is 2. The van der Waals surface area contributed by atoms with E-state index in [0.29, 0.717) is 17.7 Å². The summed E-state index contributed by atoms with van der Waals surface area (Å²) in [7, 11) is 0. The largest absolute Gasteiger partial charge is 0.488 e. The van der Waals surface area contributed by atoms with E-state index in [1.54, 1.807) is 13.0 Å². The van der Waals surface area contributed by atoms with Crippen LogP contribution in [0.25, 0.3) is 0 Å². The van der Waals surface area contributed by atoms with Crippen LogP contribution in [-0.4, -0.2) is 28.3 Å². The second-order valence-electron chi connectivity index (χ2n) is 5.86. The van der Waals surface area contributed by atoms with Gasteiger partial charge in [0.25, 0.3) is 5.91 Å². The van der Waals surface area contributed by atoms with Crippen molar-refractivity contribution >= 4 is 5.91 Å². The van der Waals surface area contributed by atoms with E-state index in [-0.39, 0.29) is 23.8 Å². The van der Waals surface area contributed by atoms with Crippen LogP contribution in [0, 0.1) is 18.6 Å². The number of nitrogens with one attached hydrogen (secondary N) is 1. The normalized spacial score (nSPS) is 20.0. The lowest BCUT2D eigenvalue weighted by Crippen LogP contribution is -2.42. The maximum atomic E-state index is 13.3. The second kappa shape index (κ2) is 6.90. The Labute approximate surface area is 138 Å². The Hall–Kier alpha value is -2.57. The molecule has 24 heavy (non-hydrogen) atoms. The van der Waals surface area contributed by atoms with E-state index in [0.717, 1.165) is 31.0 Å². The highest BCUT2D eigenvalue weighted by Gasteiger charge is 2.31. The molecule has 0 unspecified atom stereocenters. The Morgan fingerprint density at radius 1 is 1.21 bits per heavy atom. The number of aromatic nitrogens is 2. The Morgan fingerprint density at radius 3 is 2.67 bits per heavy atom. The van der Waals surface area contributed by atoms with Gasteiger partial charge in [0.2, 0.25) is 0 Å². The van der Waals surface area contributed by atoms with E-state index in [4.69, 9.17) is 4.74 Å². The van der Waals surface area contributed by atoms with Gasteiger partial charge in [-0.3, -0.25) is 4.79 Å². The SMILES string of the molecule is Cc1cc(C(=O)N[C@H]2CCC[C@H]2Oc2cc(F)cc(F)c2)cnn1. The number of aryl methyl sites for hydroxylation is 1. The van der Waals surface area contributed by atoms with Gasteiger partial charge < -0.3 is 10.1 Å². The van der Waals surface area contributed by atoms with E-state index in [1.165, 1.54) is 6.20 Å². The highest BCUT2D eigenvalue weighted by atomic mass is 19.1. The number of halogens is 2. The van der Waals surface area contributed by atoms with E-state index in [1.807, 2.05) is 0 Å². The zero-order chi connectivity index (χ0) is 17.1. The zero-order valence-electron chi connectivity index (χ0n) is 13.1. The number of carbonyl (C=O) groups excluding carboxylic acids is 1. The molecule has 2 atom stereocenters. The summed E-state index contributed by atoms with van der Waals surface area (Å²) in [5.74, 6) is -1.53. The van der Waals surface area contributed by atoms with Crippen molar-refractivity contribution in [2.24, 2.45) is 0 Å². The van der Waals surface area contributed by atoms with Gasteiger partial charge in [-0.2, -0.15) is 10.2 Å². The molecule has 1 aromatic carbocycles. The van der Waals surface area contributed by atoms with E-state index in [2.05, 4.69) is 15.5 Å².